The van der Waals surface area contributed by atoms with Crippen molar-refractivity contribution in [1.29, 1.82) is 0 Å². The molecule has 0 spiro atoms. The number of hydrogen-bond acceptors (Lipinski definition) is 2. The second-order valence-corrected chi connectivity index (χ2v) is 4.48. The highest BCUT2D eigenvalue weighted by atomic mass is 127. The van der Waals surface area contributed by atoms with Crippen LogP contribution in [0.5, 0.6) is 0 Å². The van der Waals surface area contributed by atoms with Crippen molar-refractivity contribution >= 4 is 28.5 Å². The molecule has 1 aromatic rings. The van der Waals surface area contributed by atoms with Crippen molar-refractivity contribution in [2.75, 3.05) is 27.3 Å². The summed E-state index contributed by atoms with van der Waals surface area (Å²) >= 11 is 2.20. The van der Waals surface area contributed by atoms with Crippen LogP contribution in [-0.4, -0.2) is 38.1 Å². The molecule has 82 valence electrons. The van der Waals surface area contributed by atoms with Crippen molar-refractivity contribution in [2.45, 2.75) is 0 Å². The van der Waals surface area contributed by atoms with Crippen molar-refractivity contribution in [3.05, 3.63) is 33.4 Å². The van der Waals surface area contributed by atoms with Gasteiger partial charge in [-0.1, -0.05) is 6.07 Å². The van der Waals surface area contributed by atoms with Gasteiger partial charge >= 0.3 is 0 Å². The lowest BCUT2D eigenvalue weighted by molar-refractivity contribution is 0.0744. The Kier molecular flexibility index (Phi) is 5.04. The van der Waals surface area contributed by atoms with Gasteiger partial charge in [-0.15, -0.1) is 0 Å². The van der Waals surface area contributed by atoms with Crippen LogP contribution in [0, 0.1) is 3.57 Å². The minimum atomic E-state index is 0.0329. The molecule has 0 aliphatic rings. The maximum atomic E-state index is 11.9. The van der Waals surface area contributed by atoms with E-state index in [4.69, 9.17) is 4.74 Å². The Hall–Kier alpha value is -0.620. The highest BCUT2D eigenvalue weighted by molar-refractivity contribution is 14.1. The Labute approximate surface area is 104 Å². The van der Waals surface area contributed by atoms with Crippen LogP contribution in [0.4, 0.5) is 0 Å². The number of carbonyl (C=O) groups is 1. The van der Waals surface area contributed by atoms with E-state index in [0.29, 0.717) is 13.2 Å². The minimum absolute atomic E-state index is 0.0329. The van der Waals surface area contributed by atoms with E-state index in [0.717, 1.165) is 9.13 Å². The molecule has 0 N–H and O–H groups in total. The van der Waals surface area contributed by atoms with Crippen LogP contribution in [0.15, 0.2) is 24.3 Å². The van der Waals surface area contributed by atoms with Crippen molar-refractivity contribution in [1.82, 2.24) is 4.90 Å². The molecule has 0 saturated carbocycles. The van der Waals surface area contributed by atoms with E-state index in [1.165, 1.54) is 0 Å². The third kappa shape index (κ3) is 3.79. The molecular weight excluding hydrogens is 305 g/mol. The van der Waals surface area contributed by atoms with E-state index in [-0.39, 0.29) is 5.91 Å². The Morgan fingerprint density at radius 1 is 1.53 bits per heavy atom. The van der Waals surface area contributed by atoms with E-state index in [1.807, 2.05) is 24.3 Å². The Bertz CT molecular complexity index is 341. The largest absolute Gasteiger partial charge is 0.383 e. The summed E-state index contributed by atoms with van der Waals surface area (Å²) in [5.41, 5.74) is 0.723. The molecule has 0 saturated heterocycles. The lowest BCUT2D eigenvalue weighted by Crippen LogP contribution is -2.29. The van der Waals surface area contributed by atoms with Gasteiger partial charge in [0.15, 0.2) is 0 Å². The number of carbonyl (C=O) groups excluding carboxylic acids is 1. The molecule has 3 nitrogen and oxygen atoms in total. The summed E-state index contributed by atoms with van der Waals surface area (Å²) in [4.78, 5) is 13.5. The van der Waals surface area contributed by atoms with Crippen molar-refractivity contribution in [3.63, 3.8) is 0 Å². The zero-order valence-corrected chi connectivity index (χ0v) is 11.0. The molecule has 0 unspecified atom stereocenters. The Morgan fingerprint density at radius 2 is 2.27 bits per heavy atom. The summed E-state index contributed by atoms with van der Waals surface area (Å²) in [6.07, 6.45) is 0. The number of ether oxygens (including phenoxy) is 1. The zero-order chi connectivity index (χ0) is 11.3. The van der Waals surface area contributed by atoms with Crippen LogP contribution in [0.25, 0.3) is 0 Å². The van der Waals surface area contributed by atoms with Crippen LogP contribution in [0.1, 0.15) is 10.4 Å². The monoisotopic (exact) mass is 319 g/mol. The summed E-state index contributed by atoms with van der Waals surface area (Å²) in [5.74, 6) is 0.0329. The Balaban J connectivity index is 2.67. The highest BCUT2D eigenvalue weighted by Gasteiger charge is 2.10. The summed E-state index contributed by atoms with van der Waals surface area (Å²) in [6, 6.07) is 7.56. The predicted molar refractivity (Wildman–Crippen MR) is 68.0 cm³/mol. The van der Waals surface area contributed by atoms with E-state index in [9.17, 15) is 4.79 Å². The van der Waals surface area contributed by atoms with Crippen molar-refractivity contribution in [2.24, 2.45) is 0 Å². The third-order valence-corrected chi connectivity index (χ3v) is 2.72. The molecule has 0 atom stereocenters. The maximum Gasteiger partial charge on any atom is 0.253 e. The fraction of sp³-hybridized carbons (Fsp3) is 0.364. The molecule has 15 heavy (non-hydrogen) atoms. The van der Waals surface area contributed by atoms with Crippen molar-refractivity contribution < 1.29 is 9.53 Å². The van der Waals surface area contributed by atoms with E-state index in [2.05, 4.69) is 22.6 Å². The molecule has 0 heterocycles. The molecule has 0 aliphatic heterocycles. The van der Waals surface area contributed by atoms with Gasteiger partial charge in [-0.3, -0.25) is 4.79 Å². The standard InChI is InChI=1S/C11H14INO2/c1-13(6-7-15-2)11(14)9-4-3-5-10(12)8-9/h3-5,8H,6-7H2,1-2H3. The molecule has 0 fully saturated rings. The number of likely N-dealkylation sites (N-methyl/N-ethyl adjacent to an activating group) is 1. The molecule has 0 radical (unpaired) electrons. The SMILES string of the molecule is COCCN(C)C(=O)c1cccc(I)c1. The number of rotatable bonds is 4. The maximum absolute atomic E-state index is 11.9. The molecule has 4 heteroatoms. The van der Waals surface area contributed by atoms with Gasteiger partial charge in [-0.2, -0.15) is 0 Å². The second-order valence-electron chi connectivity index (χ2n) is 3.23. The first-order valence-electron chi connectivity index (χ1n) is 4.65. The summed E-state index contributed by atoms with van der Waals surface area (Å²) in [7, 11) is 3.41. The van der Waals surface area contributed by atoms with Gasteiger partial charge in [0.25, 0.3) is 5.91 Å². The number of hydrogen-bond donors (Lipinski definition) is 0. The van der Waals surface area contributed by atoms with Crippen LogP contribution in [-0.2, 0) is 4.74 Å². The predicted octanol–water partition coefficient (Wildman–Crippen LogP) is 2.01. The van der Waals surface area contributed by atoms with Gasteiger partial charge in [-0.25, -0.2) is 0 Å². The summed E-state index contributed by atoms with van der Waals surface area (Å²) < 4.78 is 6.00. The Morgan fingerprint density at radius 3 is 2.87 bits per heavy atom. The topological polar surface area (TPSA) is 29.5 Å². The van der Waals surface area contributed by atoms with Crippen LogP contribution < -0.4 is 0 Å². The summed E-state index contributed by atoms with van der Waals surface area (Å²) in [5, 5.41) is 0. The van der Waals surface area contributed by atoms with Gasteiger partial charge in [0, 0.05) is 29.8 Å². The number of amides is 1. The van der Waals surface area contributed by atoms with Gasteiger partial charge in [0.05, 0.1) is 6.61 Å². The first kappa shape index (κ1) is 12.4. The fourth-order valence-electron chi connectivity index (χ4n) is 1.17. The normalized spacial score (nSPS) is 10.1. The average molecular weight is 319 g/mol. The molecule has 0 bridgehead atoms. The van der Waals surface area contributed by atoms with E-state index < -0.39 is 0 Å². The van der Waals surface area contributed by atoms with Gasteiger partial charge in [0.1, 0.15) is 0 Å². The fourth-order valence-corrected chi connectivity index (χ4v) is 1.71. The zero-order valence-electron chi connectivity index (χ0n) is 8.87. The number of halogens is 1. The number of nitrogens with zero attached hydrogens (tertiary/aromatic N) is 1. The van der Waals surface area contributed by atoms with Crippen LogP contribution >= 0.6 is 22.6 Å². The molecular formula is C11H14INO2. The highest BCUT2D eigenvalue weighted by Crippen LogP contribution is 2.09. The van der Waals surface area contributed by atoms with Crippen LogP contribution in [0.2, 0.25) is 0 Å². The van der Waals surface area contributed by atoms with Crippen LogP contribution in [0.3, 0.4) is 0 Å². The average Bonchev–Trinajstić information content (AvgIpc) is 2.24. The summed E-state index contributed by atoms with van der Waals surface area (Å²) in [6.45, 7) is 1.17. The molecule has 1 rings (SSSR count). The smallest absolute Gasteiger partial charge is 0.253 e. The minimum Gasteiger partial charge on any atom is -0.383 e. The van der Waals surface area contributed by atoms with Gasteiger partial charge in [-0.05, 0) is 40.8 Å². The van der Waals surface area contributed by atoms with E-state index in [1.54, 1.807) is 19.1 Å². The molecule has 1 aromatic carbocycles. The molecule has 0 aromatic heterocycles. The number of methoxy groups -OCH3 is 1. The van der Waals surface area contributed by atoms with Crippen molar-refractivity contribution in [3.8, 4) is 0 Å². The molecule has 1 amide bonds. The van der Waals surface area contributed by atoms with E-state index >= 15 is 0 Å². The quantitative estimate of drug-likeness (QED) is 0.795. The first-order valence-corrected chi connectivity index (χ1v) is 5.73. The van der Waals surface area contributed by atoms with Gasteiger partial charge < -0.3 is 9.64 Å². The number of benzene rings is 1. The third-order valence-electron chi connectivity index (χ3n) is 2.05. The second kappa shape index (κ2) is 6.07. The molecule has 0 aliphatic carbocycles. The first-order chi connectivity index (χ1) is 7.15. The lowest BCUT2D eigenvalue weighted by Gasteiger charge is -2.16. The lowest BCUT2D eigenvalue weighted by atomic mass is 10.2. The van der Waals surface area contributed by atoms with Gasteiger partial charge in [0.2, 0.25) is 0 Å².